The van der Waals surface area contributed by atoms with Crippen LogP contribution >= 0.6 is 11.3 Å². The molecule has 0 unspecified atom stereocenters. The Bertz CT molecular complexity index is 483. The largest absolute Gasteiger partial charge is 0.288 e. The molecule has 1 heterocycles. The van der Waals surface area contributed by atoms with E-state index in [1.807, 2.05) is 41.8 Å². The molecule has 86 valence electrons. The van der Waals surface area contributed by atoms with Crippen LogP contribution in [0.5, 0.6) is 0 Å². The number of allylic oxidation sites excluding steroid dienone is 2. The van der Waals surface area contributed by atoms with Crippen molar-refractivity contribution in [2.45, 2.75) is 12.8 Å². The van der Waals surface area contributed by atoms with Gasteiger partial charge in [0.1, 0.15) is 0 Å². The second-order valence-electron chi connectivity index (χ2n) is 3.77. The lowest BCUT2D eigenvalue weighted by molar-refractivity contribution is 0.105. The molecule has 17 heavy (non-hydrogen) atoms. The van der Waals surface area contributed by atoms with E-state index in [-0.39, 0.29) is 5.78 Å². The van der Waals surface area contributed by atoms with Gasteiger partial charge >= 0.3 is 0 Å². The van der Waals surface area contributed by atoms with Gasteiger partial charge in [0, 0.05) is 0 Å². The second kappa shape index (κ2) is 6.16. The monoisotopic (exact) mass is 242 g/mol. The van der Waals surface area contributed by atoms with Crippen LogP contribution in [0.1, 0.15) is 21.7 Å². The van der Waals surface area contributed by atoms with Gasteiger partial charge in [0.2, 0.25) is 0 Å². The fourth-order valence-electron chi connectivity index (χ4n) is 1.59. The standard InChI is InChI=1S/C15H14OS/c16-14(15-11-6-12-17-15)10-5-4-9-13-7-2-1-3-8-13/h1-3,5-8,10-12H,4,9H2. The zero-order valence-corrected chi connectivity index (χ0v) is 10.3. The Morgan fingerprint density at radius 1 is 1.12 bits per heavy atom. The summed E-state index contributed by atoms with van der Waals surface area (Å²) in [5.74, 6) is 0.105. The van der Waals surface area contributed by atoms with Crippen LogP contribution in [0.4, 0.5) is 0 Å². The summed E-state index contributed by atoms with van der Waals surface area (Å²) in [6.07, 6.45) is 5.51. The number of aryl methyl sites for hydroxylation is 1. The number of hydrogen-bond acceptors (Lipinski definition) is 2. The summed E-state index contributed by atoms with van der Waals surface area (Å²) in [5, 5.41) is 1.92. The number of thiophene rings is 1. The summed E-state index contributed by atoms with van der Waals surface area (Å²) >= 11 is 1.48. The van der Waals surface area contributed by atoms with Crippen molar-refractivity contribution in [2.75, 3.05) is 0 Å². The molecule has 0 fully saturated rings. The number of rotatable bonds is 5. The highest BCUT2D eigenvalue weighted by molar-refractivity contribution is 7.12. The fraction of sp³-hybridized carbons (Fsp3) is 0.133. The Labute approximate surface area is 105 Å². The van der Waals surface area contributed by atoms with Crippen LogP contribution in [0.2, 0.25) is 0 Å². The average Bonchev–Trinajstić information content (AvgIpc) is 2.89. The van der Waals surface area contributed by atoms with Crippen LogP contribution in [0, 0.1) is 0 Å². The molecular weight excluding hydrogens is 228 g/mol. The van der Waals surface area contributed by atoms with E-state index in [1.54, 1.807) is 6.08 Å². The van der Waals surface area contributed by atoms with Gasteiger partial charge in [-0.15, -0.1) is 11.3 Å². The van der Waals surface area contributed by atoms with E-state index in [0.29, 0.717) is 0 Å². The van der Waals surface area contributed by atoms with Gasteiger partial charge in [-0.25, -0.2) is 0 Å². The Hall–Kier alpha value is -1.67. The van der Waals surface area contributed by atoms with Crippen LogP contribution in [-0.2, 0) is 6.42 Å². The van der Waals surface area contributed by atoms with Gasteiger partial charge in [0.05, 0.1) is 4.88 Å². The molecule has 0 amide bonds. The summed E-state index contributed by atoms with van der Waals surface area (Å²) in [7, 11) is 0. The molecule has 1 aromatic carbocycles. The maximum Gasteiger partial charge on any atom is 0.195 e. The summed E-state index contributed by atoms with van der Waals surface area (Å²) in [4.78, 5) is 12.4. The van der Waals surface area contributed by atoms with Gasteiger partial charge in [-0.3, -0.25) is 4.79 Å². The van der Waals surface area contributed by atoms with Crippen molar-refractivity contribution in [1.29, 1.82) is 0 Å². The van der Waals surface area contributed by atoms with Gasteiger partial charge in [0.25, 0.3) is 0 Å². The summed E-state index contributed by atoms with van der Waals surface area (Å²) in [6.45, 7) is 0. The van der Waals surface area contributed by atoms with E-state index in [0.717, 1.165) is 17.7 Å². The van der Waals surface area contributed by atoms with Crippen molar-refractivity contribution >= 4 is 17.1 Å². The number of carbonyl (C=O) groups excluding carboxylic acids is 1. The van der Waals surface area contributed by atoms with Gasteiger partial charge in [-0.1, -0.05) is 42.5 Å². The Morgan fingerprint density at radius 3 is 2.65 bits per heavy atom. The first kappa shape index (κ1) is 11.8. The van der Waals surface area contributed by atoms with Crippen LogP contribution in [0.25, 0.3) is 0 Å². The highest BCUT2D eigenvalue weighted by Crippen LogP contribution is 2.10. The first-order valence-corrected chi connectivity index (χ1v) is 6.52. The van der Waals surface area contributed by atoms with E-state index in [9.17, 15) is 4.79 Å². The lowest BCUT2D eigenvalue weighted by Gasteiger charge is -1.96. The zero-order valence-electron chi connectivity index (χ0n) is 9.50. The molecule has 0 atom stereocenters. The summed E-state index contributed by atoms with van der Waals surface area (Å²) in [6, 6.07) is 14.1. The maximum absolute atomic E-state index is 11.6. The van der Waals surface area contributed by atoms with E-state index >= 15 is 0 Å². The molecular formula is C15H14OS. The van der Waals surface area contributed by atoms with Gasteiger partial charge in [0.15, 0.2) is 5.78 Å². The second-order valence-corrected chi connectivity index (χ2v) is 4.72. The molecule has 0 aliphatic heterocycles. The minimum absolute atomic E-state index is 0.105. The molecule has 0 aliphatic carbocycles. The molecule has 0 radical (unpaired) electrons. The van der Waals surface area contributed by atoms with Crippen molar-refractivity contribution in [3.63, 3.8) is 0 Å². The van der Waals surface area contributed by atoms with Crippen molar-refractivity contribution < 1.29 is 4.79 Å². The minimum Gasteiger partial charge on any atom is -0.288 e. The topological polar surface area (TPSA) is 17.1 Å². The summed E-state index contributed by atoms with van der Waals surface area (Å²) < 4.78 is 0. The molecule has 0 N–H and O–H groups in total. The maximum atomic E-state index is 11.6. The van der Waals surface area contributed by atoms with Crippen LogP contribution in [0.3, 0.4) is 0 Å². The van der Waals surface area contributed by atoms with E-state index in [1.165, 1.54) is 16.9 Å². The average molecular weight is 242 g/mol. The SMILES string of the molecule is O=C(C=CCCc1ccccc1)c1cccs1. The molecule has 1 nitrogen and oxygen atoms in total. The van der Waals surface area contributed by atoms with Crippen LogP contribution in [-0.4, -0.2) is 5.78 Å². The zero-order chi connectivity index (χ0) is 11.9. The third-order valence-corrected chi connectivity index (χ3v) is 3.36. The Balaban J connectivity index is 1.81. The Kier molecular flexibility index (Phi) is 4.28. The van der Waals surface area contributed by atoms with Crippen LogP contribution < -0.4 is 0 Å². The molecule has 0 aliphatic rings. The highest BCUT2D eigenvalue weighted by Gasteiger charge is 2.00. The molecule has 0 spiro atoms. The fourth-order valence-corrected chi connectivity index (χ4v) is 2.23. The van der Waals surface area contributed by atoms with Crippen LogP contribution in [0.15, 0.2) is 60.0 Å². The Morgan fingerprint density at radius 2 is 1.94 bits per heavy atom. The number of hydrogen-bond donors (Lipinski definition) is 0. The lowest BCUT2D eigenvalue weighted by atomic mass is 10.1. The molecule has 2 heteroatoms. The van der Waals surface area contributed by atoms with Crippen molar-refractivity contribution in [3.8, 4) is 0 Å². The smallest absolute Gasteiger partial charge is 0.195 e. The number of carbonyl (C=O) groups is 1. The van der Waals surface area contributed by atoms with Gasteiger partial charge in [-0.05, 0) is 35.9 Å². The lowest BCUT2D eigenvalue weighted by Crippen LogP contribution is -1.89. The van der Waals surface area contributed by atoms with E-state index in [4.69, 9.17) is 0 Å². The van der Waals surface area contributed by atoms with Crippen molar-refractivity contribution in [1.82, 2.24) is 0 Å². The molecule has 0 saturated heterocycles. The van der Waals surface area contributed by atoms with Crippen molar-refractivity contribution in [3.05, 3.63) is 70.4 Å². The predicted molar refractivity (Wildman–Crippen MR) is 72.6 cm³/mol. The molecule has 2 aromatic rings. The predicted octanol–water partition coefficient (Wildman–Crippen LogP) is 4.12. The summed E-state index contributed by atoms with van der Waals surface area (Å²) in [5.41, 5.74) is 1.31. The molecule has 1 aromatic heterocycles. The van der Waals surface area contributed by atoms with E-state index < -0.39 is 0 Å². The highest BCUT2D eigenvalue weighted by atomic mass is 32.1. The van der Waals surface area contributed by atoms with Crippen molar-refractivity contribution in [2.24, 2.45) is 0 Å². The normalized spacial score (nSPS) is 10.8. The molecule has 2 rings (SSSR count). The third kappa shape index (κ3) is 3.68. The first-order valence-electron chi connectivity index (χ1n) is 5.64. The quantitative estimate of drug-likeness (QED) is 0.569. The number of benzene rings is 1. The molecule has 0 saturated carbocycles. The van der Waals surface area contributed by atoms with E-state index in [2.05, 4.69) is 12.1 Å². The third-order valence-electron chi connectivity index (χ3n) is 2.48. The van der Waals surface area contributed by atoms with Gasteiger partial charge < -0.3 is 0 Å². The first-order chi connectivity index (χ1) is 8.36. The molecule has 0 bridgehead atoms. The van der Waals surface area contributed by atoms with Gasteiger partial charge in [-0.2, -0.15) is 0 Å². The minimum atomic E-state index is 0.105. The number of ketones is 1.